The van der Waals surface area contributed by atoms with Gasteiger partial charge in [-0.15, -0.1) is 0 Å². The summed E-state index contributed by atoms with van der Waals surface area (Å²) in [6, 6.07) is 0.244. The van der Waals surface area contributed by atoms with E-state index in [0.29, 0.717) is 11.8 Å². The summed E-state index contributed by atoms with van der Waals surface area (Å²) < 4.78 is 0. The monoisotopic (exact) mass is 308 g/mol. The molecule has 22 heavy (non-hydrogen) atoms. The van der Waals surface area contributed by atoms with E-state index in [1.807, 2.05) is 13.8 Å². The van der Waals surface area contributed by atoms with Gasteiger partial charge < -0.3 is 15.7 Å². The maximum absolute atomic E-state index is 12.8. The molecule has 0 aromatic heterocycles. The number of carbonyl (C=O) groups excluding carboxylic acids is 1. The van der Waals surface area contributed by atoms with Gasteiger partial charge in [0.05, 0.1) is 0 Å². The first-order chi connectivity index (χ1) is 10.3. The molecule has 1 atom stereocenters. The highest BCUT2D eigenvalue weighted by atomic mass is 16.4. The number of rotatable bonds is 4. The molecular weight excluding hydrogens is 280 g/mol. The van der Waals surface area contributed by atoms with Gasteiger partial charge in [0.25, 0.3) is 0 Å². The lowest BCUT2D eigenvalue weighted by molar-refractivity contribution is -0.132. The molecule has 4 aliphatic carbocycles. The van der Waals surface area contributed by atoms with Gasteiger partial charge in [0.2, 0.25) is 5.91 Å². The standard InChI is InChI=1S/C17H28N2O3/c1-9(2)17(3,19-16(21)22)15(20)18-14-12-5-10-4-11(7-12)8-13(14)6-10/h9-14,19H,4-8H2,1-3H3,(H,18,20)(H,21,22). The van der Waals surface area contributed by atoms with Crippen LogP contribution < -0.4 is 10.6 Å². The van der Waals surface area contributed by atoms with E-state index in [-0.39, 0.29) is 17.9 Å². The molecule has 0 saturated heterocycles. The first-order valence-corrected chi connectivity index (χ1v) is 8.61. The maximum atomic E-state index is 12.8. The topological polar surface area (TPSA) is 78.4 Å². The molecule has 2 amide bonds. The summed E-state index contributed by atoms with van der Waals surface area (Å²) in [5.41, 5.74) is -1.07. The van der Waals surface area contributed by atoms with Crippen molar-refractivity contribution in [1.82, 2.24) is 10.6 Å². The molecule has 4 saturated carbocycles. The minimum Gasteiger partial charge on any atom is -0.465 e. The second kappa shape index (κ2) is 5.43. The van der Waals surface area contributed by atoms with Crippen molar-refractivity contribution in [1.29, 1.82) is 0 Å². The minimum absolute atomic E-state index is 0.0968. The number of hydrogen-bond donors (Lipinski definition) is 3. The molecule has 4 bridgehead atoms. The fourth-order valence-corrected chi connectivity index (χ4v) is 5.15. The SMILES string of the molecule is CC(C)C(C)(NC(=O)O)C(=O)NC1C2CC3CC(C2)CC1C3. The molecule has 4 rings (SSSR count). The highest BCUT2D eigenvalue weighted by Gasteiger charge is 2.50. The van der Waals surface area contributed by atoms with E-state index in [4.69, 9.17) is 5.11 Å². The van der Waals surface area contributed by atoms with Crippen molar-refractivity contribution in [2.45, 2.75) is 64.5 Å². The lowest BCUT2D eigenvalue weighted by Crippen LogP contribution is -2.64. The average molecular weight is 308 g/mol. The molecule has 0 aromatic rings. The van der Waals surface area contributed by atoms with E-state index in [0.717, 1.165) is 11.8 Å². The fraction of sp³-hybridized carbons (Fsp3) is 0.882. The molecule has 1 unspecified atom stereocenters. The van der Waals surface area contributed by atoms with Gasteiger partial charge in [-0.2, -0.15) is 0 Å². The van der Waals surface area contributed by atoms with Gasteiger partial charge in [-0.3, -0.25) is 4.79 Å². The van der Waals surface area contributed by atoms with E-state index < -0.39 is 11.6 Å². The van der Waals surface area contributed by atoms with Crippen LogP contribution in [0.2, 0.25) is 0 Å². The summed E-state index contributed by atoms with van der Waals surface area (Å²) in [6.45, 7) is 5.45. The van der Waals surface area contributed by atoms with Crippen LogP contribution in [0, 0.1) is 29.6 Å². The number of nitrogens with one attached hydrogen (secondary N) is 2. The average Bonchev–Trinajstić information content (AvgIpc) is 2.40. The third kappa shape index (κ3) is 2.59. The van der Waals surface area contributed by atoms with Gasteiger partial charge in [-0.05, 0) is 68.6 Å². The van der Waals surface area contributed by atoms with Crippen molar-refractivity contribution < 1.29 is 14.7 Å². The van der Waals surface area contributed by atoms with E-state index in [1.54, 1.807) is 6.92 Å². The summed E-state index contributed by atoms with van der Waals surface area (Å²) in [5.74, 6) is 2.67. The third-order valence-electron chi connectivity index (χ3n) is 6.52. The Hall–Kier alpha value is -1.26. The van der Waals surface area contributed by atoms with Crippen molar-refractivity contribution in [3.63, 3.8) is 0 Å². The van der Waals surface area contributed by atoms with Gasteiger partial charge in [0.1, 0.15) is 5.54 Å². The second-order valence-electron chi connectivity index (χ2n) is 8.22. The minimum atomic E-state index is -1.14. The molecule has 0 aromatic carbocycles. The van der Waals surface area contributed by atoms with Crippen LogP contribution in [0.25, 0.3) is 0 Å². The second-order valence-corrected chi connectivity index (χ2v) is 8.22. The van der Waals surface area contributed by atoms with Gasteiger partial charge in [0.15, 0.2) is 0 Å². The lowest BCUT2D eigenvalue weighted by Gasteiger charge is -2.55. The molecule has 5 heteroatoms. The Bertz CT molecular complexity index is 449. The van der Waals surface area contributed by atoms with E-state index in [9.17, 15) is 9.59 Å². The zero-order valence-corrected chi connectivity index (χ0v) is 13.8. The van der Waals surface area contributed by atoms with Crippen LogP contribution in [0.4, 0.5) is 4.79 Å². The maximum Gasteiger partial charge on any atom is 0.405 e. The number of hydrogen-bond acceptors (Lipinski definition) is 2. The Kier molecular flexibility index (Phi) is 3.86. The molecule has 3 N–H and O–H groups in total. The molecule has 0 heterocycles. The highest BCUT2D eigenvalue weighted by molar-refractivity contribution is 5.89. The van der Waals surface area contributed by atoms with Crippen molar-refractivity contribution >= 4 is 12.0 Å². The van der Waals surface area contributed by atoms with Crippen LogP contribution in [0.5, 0.6) is 0 Å². The summed E-state index contributed by atoms with van der Waals surface area (Å²) >= 11 is 0. The fourth-order valence-electron chi connectivity index (χ4n) is 5.15. The highest BCUT2D eigenvalue weighted by Crippen LogP contribution is 2.53. The van der Waals surface area contributed by atoms with Gasteiger partial charge in [-0.1, -0.05) is 13.8 Å². The molecule has 4 fully saturated rings. The van der Waals surface area contributed by atoms with Crippen LogP contribution in [-0.2, 0) is 4.79 Å². The summed E-state index contributed by atoms with van der Waals surface area (Å²) in [5, 5.41) is 14.7. The normalized spacial score (nSPS) is 38.6. The lowest BCUT2D eigenvalue weighted by atomic mass is 9.54. The van der Waals surface area contributed by atoms with Crippen LogP contribution in [0.1, 0.15) is 52.9 Å². The number of amides is 2. The Balaban J connectivity index is 1.71. The van der Waals surface area contributed by atoms with Crippen molar-refractivity contribution in [2.75, 3.05) is 0 Å². The van der Waals surface area contributed by atoms with E-state index >= 15 is 0 Å². The largest absolute Gasteiger partial charge is 0.465 e. The van der Waals surface area contributed by atoms with Gasteiger partial charge in [0, 0.05) is 6.04 Å². The van der Waals surface area contributed by atoms with Crippen LogP contribution in [0.15, 0.2) is 0 Å². The molecule has 5 nitrogen and oxygen atoms in total. The van der Waals surface area contributed by atoms with E-state index in [2.05, 4.69) is 10.6 Å². The first kappa shape index (κ1) is 15.6. The summed E-state index contributed by atoms with van der Waals surface area (Å²) in [6.07, 6.45) is 5.20. The Labute approximate surface area is 132 Å². The third-order valence-corrected chi connectivity index (χ3v) is 6.52. The van der Waals surface area contributed by atoms with Gasteiger partial charge >= 0.3 is 6.09 Å². The van der Waals surface area contributed by atoms with E-state index in [1.165, 1.54) is 32.1 Å². The summed E-state index contributed by atoms with van der Waals surface area (Å²) in [4.78, 5) is 23.9. The zero-order chi connectivity index (χ0) is 16.1. The number of carboxylic acid groups (broad SMARTS) is 1. The van der Waals surface area contributed by atoms with Crippen molar-refractivity contribution in [2.24, 2.45) is 29.6 Å². The smallest absolute Gasteiger partial charge is 0.405 e. The predicted molar refractivity (Wildman–Crippen MR) is 83.4 cm³/mol. The van der Waals surface area contributed by atoms with Crippen molar-refractivity contribution in [3.8, 4) is 0 Å². The summed E-state index contributed by atoms with van der Waals surface area (Å²) in [7, 11) is 0. The van der Waals surface area contributed by atoms with Crippen LogP contribution in [0.3, 0.4) is 0 Å². The zero-order valence-electron chi connectivity index (χ0n) is 13.8. The van der Waals surface area contributed by atoms with Crippen LogP contribution >= 0.6 is 0 Å². The number of carbonyl (C=O) groups is 2. The molecule has 0 aliphatic heterocycles. The Morgan fingerprint density at radius 2 is 1.55 bits per heavy atom. The predicted octanol–water partition coefficient (Wildman–Crippen LogP) is 2.61. The molecule has 124 valence electrons. The Morgan fingerprint density at radius 1 is 1.05 bits per heavy atom. The molecule has 4 aliphatic rings. The Morgan fingerprint density at radius 3 is 1.95 bits per heavy atom. The van der Waals surface area contributed by atoms with Crippen LogP contribution in [-0.4, -0.2) is 28.7 Å². The van der Waals surface area contributed by atoms with Gasteiger partial charge in [-0.25, -0.2) is 4.79 Å². The van der Waals surface area contributed by atoms with Crippen molar-refractivity contribution in [3.05, 3.63) is 0 Å². The molecule has 0 spiro atoms. The molecule has 0 radical (unpaired) electrons. The quantitative estimate of drug-likeness (QED) is 0.747. The molecular formula is C17H28N2O3. The first-order valence-electron chi connectivity index (χ1n) is 8.61.